The number of hydrogen-bond acceptors (Lipinski definition) is 2. The van der Waals surface area contributed by atoms with Gasteiger partial charge in [0.1, 0.15) is 0 Å². The Kier molecular flexibility index (Phi) is 4.20. The molecule has 4 nitrogen and oxygen atoms in total. The SMILES string of the molecule is [O]NCCCC(=O)O. The molecule has 0 aliphatic carbocycles. The smallest absolute Gasteiger partial charge is 0.303 e. The number of carboxylic acid groups (broad SMARTS) is 1. The van der Waals surface area contributed by atoms with E-state index < -0.39 is 5.97 Å². The van der Waals surface area contributed by atoms with Gasteiger partial charge in [-0.3, -0.25) is 4.79 Å². The maximum Gasteiger partial charge on any atom is 0.303 e. The molecule has 0 saturated heterocycles. The number of aliphatic carboxylic acids is 1. The molecular formula is C4H8NO3. The van der Waals surface area contributed by atoms with Gasteiger partial charge >= 0.3 is 5.97 Å². The molecule has 0 aromatic rings. The Morgan fingerprint density at radius 2 is 2.25 bits per heavy atom. The first-order chi connectivity index (χ1) is 3.77. The van der Waals surface area contributed by atoms with Crippen LogP contribution in [-0.2, 0) is 10.0 Å². The summed E-state index contributed by atoms with van der Waals surface area (Å²) in [7, 11) is 0. The zero-order valence-electron chi connectivity index (χ0n) is 4.39. The van der Waals surface area contributed by atoms with Gasteiger partial charge in [0.15, 0.2) is 0 Å². The molecule has 0 aromatic heterocycles. The number of hydroxylamine groups is 1. The minimum atomic E-state index is -0.861. The topological polar surface area (TPSA) is 69.2 Å². The summed E-state index contributed by atoms with van der Waals surface area (Å²) in [4.78, 5) is 9.74. The van der Waals surface area contributed by atoms with Gasteiger partial charge in [0, 0.05) is 13.0 Å². The molecule has 1 radical (unpaired) electrons. The van der Waals surface area contributed by atoms with Gasteiger partial charge in [-0.2, -0.15) is 5.48 Å². The summed E-state index contributed by atoms with van der Waals surface area (Å²) in [5.74, 6) is -0.861. The minimum Gasteiger partial charge on any atom is -0.481 e. The van der Waals surface area contributed by atoms with Gasteiger partial charge in [-0.15, -0.1) is 5.21 Å². The highest BCUT2D eigenvalue weighted by Crippen LogP contribution is 1.83. The van der Waals surface area contributed by atoms with Crippen molar-refractivity contribution >= 4 is 5.97 Å². The second-order valence-electron chi connectivity index (χ2n) is 1.39. The Morgan fingerprint density at radius 3 is 2.62 bits per heavy atom. The van der Waals surface area contributed by atoms with Crippen LogP contribution in [0.15, 0.2) is 0 Å². The average Bonchev–Trinajstić information content (AvgIpc) is 1.66. The van der Waals surface area contributed by atoms with Crippen LogP contribution in [0.3, 0.4) is 0 Å². The van der Waals surface area contributed by atoms with Gasteiger partial charge in [-0.25, -0.2) is 0 Å². The third kappa shape index (κ3) is 5.39. The standard InChI is InChI=1S/C4H8NO3/c6-4(7)2-1-3-5-8/h5H,1-3H2,(H,6,7). The third-order valence-corrected chi connectivity index (χ3v) is 0.669. The molecule has 0 aromatic carbocycles. The van der Waals surface area contributed by atoms with E-state index in [1.54, 1.807) is 5.48 Å². The first kappa shape index (κ1) is 7.39. The molecule has 0 spiro atoms. The molecule has 0 heterocycles. The molecule has 0 atom stereocenters. The van der Waals surface area contributed by atoms with Crippen LogP contribution < -0.4 is 5.48 Å². The third-order valence-electron chi connectivity index (χ3n) is 0.669. The van der Waals surface area contributed by atoms with E-state index in [4.69, 9.17) is 5.11 Å². The van der Waals surface area contributed by atoms with Crippen molar-refractivity contribution in [3.8, 4) is 0 Å². The molecule has 8 heavy (non-hydrogen) atoms. The van der Waals surface area contributed by atoms with E-state index in [0.29, 0.717) is 6.42 Å². The maximum absolute atomic E-state index is 9.74. The molecule has 0 fully saturated rings. The average molecular weight is 118 g/mol. The lowest BCUT2D eigenvalue weighted by Crippen LogP contribution is -2.08. The Bertz CT molecular complexity index is 73.7. The lowest BCUT2D eigenvalue weighted by Gasteiger charge is -1.89. The summed E-state index contributed by atoms with van der Waals surface area (Å²) in [6.07, 6.45) is 0.466. The molecular weight excluding hydrogens is 110 g/mol. The molecule has 0 bridgehead atoms. The summed E-state index contributed by atoms with van der Waals surface area (Å²) < 4.78 is 0. The van der Waals surface area contributed by atoms with Gasteiger partial charge in [-0.1, -0.05) is 0 Å². The predicted molar refractivity (Wildman–Crippen MR) is 25.6 cm³/mol. The van der Waals surface area contributed by atoms with E-state index in [1.165, 1.54) is 0 Å². The van der Waals surface area contributed by atoms with Gasteiger partial charge in [0.05, 0.1) is 0 Å². The van der Waals surface area contributed by atoms with Crippen LogP contribution in [0.1, 0.15) is 12.8 Å². The van der Waals surface area contributed by atoms with Crippen molar-refractivity contribution in [2.75, 3.05) is 6.54 Å². The summed E-state index contributed by atoms with van der Waals surface area (Å²) in [5, 5.41) is 17.5. The lowest BCUT2D eigenvalue weighted by molar-refractivity contribution is -0.137. The van der Waals surface area contributed by atoms with E-state index in [2.05, 4.69) is 0 Å². The zero-order valence-corrected chi connectivity index (χ0v) is 4.39. The number of rotatable bonds is 4. The maximum atomic E-state index is 9.74. The highest BCUT2D eigenvalue weighted by atomic mass is 16.5. The molecule has 0 saturated carbocycles. The van der Waals surface area contributed by atoms with Crippen LogP contribution in [0.4, 0.5) is 0 Å². The van der Waals surface area contributed by atoms with Gasteiger partial charge in [0.2, 0.25) is 0 Å². The quantitative estimate of drug-likeness (QED) is 0.396. The first-order valence-corrected chi connectivity index (χ1v) is 2.34. The van der Waals surface area contributed by atoms with Crippen molar-refractivity contribution in [2.45, 2.75) is 12.8 Å². The van der Waals surface area contributed by atoms with E-state index in [1.807, 2.05) is 0 Å². The largest absolute Gasteiger partial charge is 0.481 e. The van der Waals surface area contributed by atoms with Crippen molar-refractivity contribution < 1.29 is 15.1 Å². The number of carbonyl (C=O) groups is 1. The molecule has 0 aliphatic rings. The van der Waals surface area contributed by atoms with Gasteiger partial charge in [-0.05, 0) is 6.42 Å². The van der Waals surface area contributed by atoms with Crippen molar-refractivity contribution in [3.63, 3.8) is 0 Å². The summed E-state index contributed by atoms with van der Waals surface area (Å²) in [6.45, 7) is 0.228. The van der Waals surface area contributed by atoms with Crippen LogP contribution in [0, 0.1) is 0 Å². The molecule has 0 amide bonds. The Balaban J connectivity index is 2.82. The molecule has 0 aliphatic heterocycles. The number of hydrogen-bond donors (Lipinski definition) is 2. The summed E-state index contributed by atoms with van der Waals surface area (Å²) in [6, 6.07) is 0. The number of carboxylic acids is 1. The molecule has 0 rings (SSSR count). The fraction of sp³-hybridized carbons (Fsp3) is 0.750. The van der Waals surface area contributed by atoms with Gasteiger partial charge in [0.25, 0.3) is 0 Å². The predicted octanol–water partition coefficient (Wildman–Crippen LogP) is -0.214. The zero-order chi connectivity index (χ0) is 6.41. The van der Waals surface area contributed by atoms with Gasteiger partial charge < -0.3 is 5.11 Å². The fourth-order valence-corrected chi connectivity index (χ4v) is 0.312. The highest BCUT2D eigenvalue weighted by Gasteiger charge is 1.93. The Morgan fingerprint density at radius 1 is 1.62 bits per heavy atom. The van der Waals surface area contributed by atoms with E-state index >= 15 is 0 Å². The van der Waals surface area contributed by atoms with E-state index in [9.17, 15) is 10.0 Å². The first-order valence-electron chi connectivity index (χ1n) is 2.34. The normalized spacial score (nSPS) is 9.12. The second kappa shape index (κ2) is 4.55. The van der Waals surface area contributed by atoms with Crippen molar-refractivity contribution in [3.05, 3.63) is 0 Å². The van der Waals surface area contributed by atoms with E-state index in [0.717, 1.165) is 0 Å². The molecule has 4 heteroatoms. The second-order valence-corrected chi connectivity index (χ2v) is 1.39. The Labute approximate surface area is 47.1 Å². The fourth-order valence-electron chi connectivity index (χ4n) is 0.312. The van der Waals surface area contributed by atoms with Crippen LogP contribution in [0.5, 0.6) is 0 Å². The molecule has 2 N–H and O–H groups in total. The summed E-state index contributed by atoms with van der Waals surface area (Å²) in [5.41, 5.74) is 1.61. The van der Waals surface area contributed by atoms with Crippen molar-refractivity contribution in [1.29, 1.82) is 0 Å². The van der Waals surface area contributed by atoms with Crippen LogP contribution in [0.2, 0.25) is 0 Å². The van der Waals surface area contributed by atoms with Crippen molar-refractivity contribution in [2.24, 2.45) is 0 Å². The lowest BCUT2D eigenvalue weighted by atomic mass is 10.3. The van der Waals surface area contributed by atoms with Crippen LogP contribution in [0.25, 0.3) is 0 Å². The number of nitrogens with one attached hydrogen (secondary N) is 1. The van der Waals surface area contributed by atoms with Crippen LogP contribution >= 0.6 is 0 Å². The Hall–Kier alpha value is -0.610. The van der Waals surface area contributed by atoms with Crippen molar-refractivity contribution in [1.82, 2.24) is 5.48 Å². The van der Waals surface area contributed by atoms with E-state index in [-0.39, 0.29) is 13.0 Å². The monoisotopic (exact) mass is 118 g/mol. The molecule has 0 unspecified atom stereocenters. The highest BCUT2D eigenvalue weighted by molar-refractivity contribution is 5.66. The minimum absolute atomic E-state index is 0.0647. The summed E-state index contributed by atoms with van der Waals surface area (Å²) >= 11 is 0. The van der Waals surface area contributed by atoms with Crippen LogP contribution in [-0.4, -0.2) is 17.6 Å². The molecule has 47 valence electrons.